The van der Waals surface area contributed by atoms with Gasteiger partial charge in [-0.1, -0.05) is 28.1 Å². The van der Waals surface area contributed by atoms with Crippen molar-refractivity contribution in [2.24, 2.45) is 5.92 Å². The molecular weight excluding hydrogens is 302 g/mol. The molecule has 0 spiro atoms. The van der Waals surface area contributed by atoms with E-state index in [1.165, 1.54) is 29.3 Å². The Hall–Kier alpha value is -0.380. The average molecular weight is 324 g/mol. The van der Waals surface area contributed by atoms with Crippen molar-refractivity contribution in [3.8, 4) is 0 Å². The summed E-state index contributed by atoms with van der Waals surface area (Å²) in [6.07, 6.45) is 4.59. The Morgan fingerprint density at radius 2 is 2.16 bits per heavy atom. The van der Waals surface area contributed by atoms with Gasteiger partial charge in [-0.3, -0.25) is 0 Å². The lowest BCUT2D eigenvalue weighted by Crippen LogP contribution is -2.40. The van der Waals surface area contributed by atoms with Crippen molar-refractivity contribution in [2.45, 2.75) is 44.3 Å². The normalized spacial score (nSPS) is 35.5. The minimum atomic E-state index is 0.447. The minimum Gasteiger partial charge on any atom is -0.375 e. The number of benzene rings is 1. The van der Waals surface area contributed by atoms with Crippen molar-refractivity contribution >= 4 is 15.9 Å². The second-order valence-electron chi connectivity index (χ2n) is 5.88. The van der Waals surface area contributed by atoms with Crippen LogP contribution in [0.5, 0.6) is 0 Å². The quantitative estimate of drug-likeness (QED) is 0.895. The van der Waals surface area contributed by atoms with Crippen molar-refractivity contribution in [2.75, 3.05) is 13.1 Å². The molecule has 104 valence electrons. The van der Waals surface area contributed by atoms with Gasteiger partial charge in [-0.2, -0.15) is 0 Å². The maximum Gasteiger partial charge on any atom is 0.0614 e. The zero-order valence-corrected chi connectivity index (χ0v) is 13.0. The molecule has 2 saturated heterocycles. The lowest BCUT2D eigenvalue weighted by molar-refractivity contribution is 0.00348. The predicted molar refractivity (Wildman–Crippen MR) is 81.4 cm³/mol. The van der Waals surface area contributed by atoms with E-state index in [2.05, 4.69) is 52.4 Å². The highest BCUT2D eigenvalue weighted by atomic mass is 79.9. The number of halogens is 1. The standard InChI is InChI=1S/C16H22BrNO/c1-11-5-6-16(19-11)14-7-8-18-10-15(14)12-3-2-4-13(17)9-12/h2-4,9,11,14-16,18H,5-8,10H2,1H3. The van der Waals surface area contributed by atoms with E-state index in [-0.39, 0.29) is 0 Å². The maximum atomic E-state index is 6.14. The van der Waals surface area contributed by atoms with Gasteiger partial charge in [0, 0.05) is 16.9 Å². The van der Waals surface area contributed by atoms with Crippen LogP contribution in [0.15, 0.2) is 28.7 Å². The van der Waals surface area contributed by atoms with E-state index in [1.54, 1.807) is 0 Å². The molecule has 2 heterocycles. The molecule has 1 aromatic rings. The fourth-order valence-electron chi connectivity index (χ4n) is 3.57. The molecule has 1 N–H and O–H groups in total. The summed E-state index contributed by atoms with van der Waals surface area (Å²) in [4.78, 5) is 0. The second kappa shape index (κ2) is 5.94. The molecule has 2 aliphatic heterocycles. The Morgan fingerprint density at radius 1 is 1.26 bits per heavy atom. The van der Waals surface area contributed by atoms with Crippen LogP contribution in [0.1, 0.15) is 37.7 Å². The molecule has 3 rings (SSSR count). The molecule has 2 fully saturated rings. The topological polar surface area (TPSA) is 21.3 Å². The summed E-state index contributed by atoms with van der Waals surface area (Å²) >= 11 is 3.59. The van der Waals surface area contributed by atoms with Crippen LogP contribution in [0, 0.1) is 5.92 Å². The summed E-state index contributed by atoms with van der Waals surface area (Å²) in [5.41, 5.74) is 1.44. The maximum absolute atomic E-state index is 6.14. The van der Waals surface area contributed by atoms with Gasteiger partial charge in [0.2, 0.25) is 0 Å². The highest BCUT2D eigenvalue weighted by molar-refractivity contribution is 9.10. The first-order chi connectivity index (χ1) is 9.24. The summed E-state index contributed by atoms with van der Waals surface area (Å²) in [6, 6.07) is 8.77. The van der Waals surface area contributed by atoms with Gasteiger partial charge in [0.1, 0.15) is 0 Å². The second-order valence-corrected chi connectivity index (χ2v) is 6.80. The number of rotatable bonds is 2. The number of nitrogens with one attached hydrogen (secondary N) is 1. The van der Waals surface area contributed by atoms with Crippen molar-refractivity contribution in [1.29, 1.82) is 0 Å². The van der Waals surface area contributed by atoms with Gasteiger partial charge in [-0.15, -0.1) is 0 Å². The van der Waals surface area contributed by atoms with E-state index in [4.69, 9.17) is 4.74 Å². The molecule has 2 nitrogen and oxygen atoms in total. The first kappa shape index (κ1) is 13.6. The molecule has 2 aliphatic rings. The third-order valence-corrected chi connectivity index (χ3v) is 5.05. The van der Waals surface area contributed by atoms with Crippen LogP contribution < -0.4 is 5.32 Å². The van der Waals surface area contributed by atoms with Gasteiger partial charge in [-0.05, 0) is 56.3 Å². The van der Waals surface area contributed by atoms with E-state index in [1.807, 2.05) is 0 Å². The van der Waals surface area contributed by atoms with Gasteiger partial charge in [-0.25, -0.2) is 0 Å². The lowest BCUT2D eigenvalue weighted by Gasteiger charge is -2.36. The molecule has 19 heavy (non-hydrogen) atoms. The first-order valence-corrected chi connectivity index (χ1v) is 8.15. The van der Waals surface area contributed by atoms with E-state index in [9.17, 15) is 0 Å². The monoisotopic (exact) mass is 323 g/mol. The fraction of sp³-hybridized carbons (Fsp3) is 0.625. The van der Waals surface area contributed by atoms with Crippen LogP contribution in [0.25, 0.3) is 0 Å². The highest BCUT2D eigenvalue weighted by Gasteiger charge is 2.36. The fourth-order valence-corrected chi connectivity index (χ4v) is 3.99. The Bertz CT molecular complexity index is 437. The number of ether oxygens (including phenoxy) is 1. The molecule has 0 saturated carbocycles. The van der Waals surface area contributed by atoms with Crippen LogP contribution in [0.4, 0.5) is 0 Å². The van der Waals surface area contributed by atoms with Crippen LogP contribution in [0.2, 0.25) is 0 Å². The number of hydrogen-bond acceptors (Lipinski definition) is 2. The molecule has 1 aromatic carbocycles. The summed E-state index contributed by atoms with van der Waals surface area (Å²) in [5, 5.41) is 3.55. The predicted octanol–water partition coefficient (Wildman–Crippen LogP) is 3.71. The number of hydrogen-bond donors (Lipinski definition) is 1. The van der Waals surface area contributed by atoms with Gasteiger partial charge in [0.05, 0.1) is 12.2 Å². The highest BCUT2D eigenvalue weighted by Crippen LogP contribution is 2.38. The van der Waals surface area contributed by atoms with E-state index < -0.39 is 0 Å². The Balaban J connectivity index is 1.81. The third kappa shape index (κ3) is 3.04. The number of piperidine rings is 1. The van der Waals surface area contributed by atoms with Gasteiger partial charge < -0.3 is 10.1 Å². The summed E-state index contributed by atoms with van der Waals surface area (Å²) < 4.78 is 7.32. The molecule has 0 aromatic heterocycles. The molecule has 0 amide bonds. The Labute approximate surface area is 124 Å². The van der Waals surface area contributed by atoms with Crippen LogP contribution in [0.3, 0.4) is 0 Å². The SMILES string of the molecule is CC1CCC(C2CCNCC2c2cccc(Br)c2)O1. The first-order valence-electron chi connectivity index (χ1n) is 7.35. The zero-order valence-electron chi connectivity index (χ0n) is 11.4. The average Bonchev–Trinajstić information content (AvgIpc) is 2.85. The Morgan fingerprint density at radius 3 is 2.89 bits per heavy atom. The summed E-state index contributed by atoms with van der Waals surface area (Å²) in [5.74, 6) is 1.25. The summed E-state index contributed by atoms with van der Waals surface area (Å²) in [6.45, 7) is 4.41. The van der Waals surface area contributed by atoms with Crippen molar-refractivity contribution in [1.82, 2.24) is 5.32 Å². The third-order valence-electron chi connectivity index (χ3n) is 4.55. The molecule has 3 heteroatoms. The lowest BCUT2D eigenvalue weighted by atomic mass is 9.77. The summed E-state index contributed by atoms with van der Waals surface area (Å²) in [7, 11) is 0. The van der Waals surface area contributed by atoms with Gasteiger partial charge in [0.15, 0.2) is 0 Å². The van der Waals surface area contributed by atoms with Crippen LogP contribution in [-0.4, -0.2) is 25.3 Å². The molecular formula is C16H22BrNO. The van der Waals surface area contributed by atoms with Gasteiger partial charge in [0.25, 0.3) is 0 Å². The largest absolute Gasteiger partial charge is 0.375 e. The van der Waals surface area contributed by atoms with Crippen LogP contribution >= 0.6 is 15.9 Å². The zero-order chi connectivity index (χ0) is 13.2. The van der Waals surface area contributed by atoms with Gasteiger partial charge >= 0.3 is 0 Å². The van der Waals surface area contributed by atoms with E-state index >= 15 is 0 Å². The smallest absolute Gasteiger partial charge is 0.0614 e. The van der Waals surface area contributed by atoms with E-state index in [0.717, 1.165) is 13.1 Å². The molecule has 0 bridgehead atoms. The van der Waals surface area contributed by atoms with Crippen molar-refractivity contribution < 1.29 is 4.74 Å². The van der Waals surface area contributed by atoms with Crippen LogP contribution in [-0.2, 0) is 4.74 Å². The Kier molecular flexibility index (Phi) is 4.25. The molecule has 4 unspecified atom stereocenters. The molecule has 0 aliphatic carbocycles. The molecule has 0 radical (unpaired) electrons. The van der Waals surface area contributed by atoms with Crippen molar-refractivity contribution in [3.63, 3.8) is 0 Å². The molecule has 4 atom stereocenters. The van der Waals surface area contributed by atoms with E-state index in [0.29, 0.717) is 24.0 Å². The minimum absolute atomic E-state index is 0.447. The van der Waals surface area contributed by atoms with Crippen molar-refractivity contribution in [3.05, 3.63) is 34.3 Å².